The van der Waals surface area contributed by atoms with E-state index in [1.54, 1.807) is 6.07 Å². The van der Waals surface area contributed by atoms with Crippen LogP contribution in [0.15, 0.2) is 42.5 Å². The van der Waals surface area contributed by atoms with Crippen molar-refractivity contribution in [2.45, 2.75) is 19.9 Å². The first-order valence-corrected chi connectivity index (χ1v) is 7.87. The monoisotopic (exact) mass is 343 g/mol. The van der Waals surface area contributed by atoms with E-state index in [-0.39, 0.29) is 23.2 Å². The van der Waals surface area contributed by atoms with E-state index in [4.69, 9.17) is 4.74 Å². The average molecular weight is 343 g/mol. The van der Waals surface area contributed by atoms with Gasteiger partial charge in [-0.3, -0.25) is 14.9 Å². The lowest BCUT2D eigenvalue weighted by atomic mass is 10.1. The van der Waals surface area contributed by atoms with Gasteiger partial charge >= 0.3 is 0 Å². The maximum atomic E-state index is 11.6. The van der Waals surface area contributed by atoms with Gasteiger partial charge in [0.25, 0.3) is 11.6 Å². The molecule has 0 radical (unpaired) electrons. The van der Waals surface area contributed by atoms with E-state index in [0.717, 1.165) is 11.3 Å². The summed E-state index contributed by atoms with van der Waals surface area (Å²) in [6, 6.07) is 11.8. The van der Waals surface area contributed by atoms with E-state index >= 15 is 0 Å². The number of rotatable bonds is 7. The maximum absolute atomic E-state index is 11.6. The van der Waals surface area contributed by atoms with E-state index in [9.17, 15) is 14.9 Å². The number of carbonyl (C=O) groups excluding carboxylic acids is 1. The fraction of sp³-hybridized carbons (Fsp3) is 0.278. The minimum Gasteiger partial charge on any atom is -0.491 e. The van der Waals surface area contributed by atoms with Crippen LogP contribution in [0, 0.1) is 17.0 Å². The minimum absolute atomic E-state index is 0.150. The Morgan fingerprint density at radius 2 is 2.04 bits per heavy atom. The largest absolute Gasteiger partial charge is 0.491 e. The smallest absolute Gasteiger partial charge is 0.293 e. The Bertz CT molecular complexity index is 777. The number of amides is 1. The number of hydrogen-bond acceptors (Lipinski definition) is 5. The van der Waals surface area contributed by atoms with Crippen LogP contribution in [-0.4, -0.2) is 30.5 Å². The summed E-state index contributed by atoms with van der Waals surface area (Å²) in [6.07, 6.45) is 0. The third-order valence-electron chi connectivity index (χ3n) is 3.58. The average Bonchev–Trinajstić information content (AvgIpc) is 2.59. The van der Waals surface area contributed by atoms with Crippen LogP contribution in [0.25, 0.3) is 0 Å². The van der Waals surface area contributed by atoms with Crippen LogP contribution in [0.3, 0.4) is 0 Å². The van der Waals surface area contributed by atoms with Gasteiger partial charge in [0.2, 0.25) is 0 Å². The zero-order valence-electron chi connectivity index (χ0n) is 14.4. The van der Waals surface area contributed by atoms with E-state index in [2.05, 4.69) is 10.6 Å². The molecule has 0 aliphatic heterocycles. The Morgan fingerprint density at radius 1 is 1.28 bits per heavy atom. The summed E-state index contributed by atoms with van der Waals surface area (Å²) >= 11 is 0. The third-order valence-corrected chi connectivity index (χ3v) is 3.58. The molecule has 0 saturated carbocycles. The Kier molecular flexibility index (Phi) is 5.94. The van der Waals surface area contributed by atoms with Gasteiger partial charge in [-0.25, -0.2) is 0 Å². The lowest BCUT2D eigenvalue weighted by Gasteiger charge is -2.17. The fourth-order valence-electron chi connectivity index (χ4n) is 2.32. The summed E-state index contributed by atoms with van der Waals surface area (Å²) in [6.45, 7) is 4.19. The number of nitrogens with zero attached hydrogens (tertiary/aromatic N) is 1. The summed E-state index contributed by atoms with van der Waals surface area (Å²) < 4.78 is 5.70. The molecule has 0 aliphatic carbocycles. The van der Waals surface area contributed by atoms with Crippen molar-refractivity contribution in [3.8, 4) is 5.75 Å². The zero-order chi connectivity index (χ0) is 18.4. The fourth-order valence-corrected chi connectivity index (χ4v) is 2.32. The highest BCUT2D eigenvalue weighted by Gasteiger charge is 2.18. The van der Waals surface area contributed by atoms with Gasteiger partial charge in [-0.2, -0.15) is 0 Å². The second kappa shape index (κ2) is 8.14. The molecule has 1 atom stereocenters. The summed E-state index contributed by atoms with van der Waals surface area (Å²) in [7, 11) is 1.48. The first kappa shape index (κ1) is 18.3. The number of nitrogens with one attached hydrogen (secondary N) is 2. The Morgan fingerprint density at radius 3 is 2.68 bits per heavy atom. The Balaban J connectivity index is 2.07. The SMILES string of the molecule is CNC(=O)c1ccc(NC(C)COc2cccc(C)c2)c([N+](=O)[O-])c1. The van der Waals surface area contributed by atoms with Gasteiger partial charge < -0.3 is 15.4 Å². The van der Waals surface area contributed by atoms with E-state index in [1.165, 1.54) is 19.2 Å². The number of hydrogen-bond donors (Lipinski definition) is 2. The highest BCUT2D eigenvalue weighted by molar-refractivity contribution is 5.95. The molecule has 2 aromatic rings. The normalized spacial score (nSPS) is 11.5. The number of nitro benzene ring substituents is 1. The quantitative estimate of drug-likeness (QED) is 0.595. The predicted octanol–water partition coefficient (Wildman–Crippen LogP) is 3.14. The summed E-state index contributed by atoms with van der Waals surface area (Å²) in [5.74, 6) is 0.378. The molecule has 7 heteroatoms. The molecule has 2 N–H and O–H groups in total. The first-order valence-electron chi connectivity index (χ1n) is 7.87. The van der Waals surface area contributed by atoms with Crippen LogP contribution in [0.1, 0.15) is 22.8 Å². The van der Waals surface area contributed by atoms with Gasteiger partial charge in [0.1, 0.15) is 18.0 Å². The van der Waals surface area contributed by atoms with Crippen LogP contribution in [0.4, 0.5) is 11.4 Å². The number of ether oxygens (including phenoxy) is 1. The molecule has 0 bridgehead atoms. The number of carbonyl (C=O) groups is 1. The highest BCUT2D eigenvalue weighted by atomic mass is 16.6. The molecule has 132 valence electrons. The van der Waals surface area contributed by atoms with Crippen molar-refractivity contribution in [3.63, 3.8) is 0 Å². The van der Waals surface area contributed by atoms with Crippen molar-refractivity contribution >= 4 is 17.3 Å². The third kappa shape index (κ3) is 4.94. The number of nitro groups is 1. The van der Waals surface area contributed by atoms with Gasteiger partial charge in [-0.1, -0.05) is 12.1 Å². The van der Waals surface area contributed by atoms with Crippen LogP contribution < -0.4 is 15.4 Å². The molecule has 0 aromatic heterocycles. The van der Waals surface area contributed by atoms with Crippen molar-refractivity contribution in [1.29, 1.82) is 0 Å². The van der Waals surface area contributed by atoms with Crippen molar-refractivity contribution < 1.29 is 14.5 Å². The van der Waals surface area contributed by atoms with Crippen LogP contribution in [0.5, 0.6) is 5.75 Å². The topological polar surface area (TPSA) is 93.5 Å². The summed E-state index contributed by atoms with van der Waals surface area (Å²) in [5, 5.41) is 16.8. The lowest BCUT2D eigenvalue weighted by Crippen LogP contribution is -2.24. The van der Waals surface area contributed by atoms with Gasteiger partial charge in [0.05, 0.1) is 11.0 Å². The van der Waals surface area contributed by atoms with Crippen LogP contribution >= 0.6 is 0 Å². The van der Waals surface area contributed by atoms with Crippen molar-refractivity contribution in [1.82, 2.24) is 5.32 Å². The molecule has 0 aliphatic rings. The van der Waals surface area contributed by atoms with Gasteiger partial charge in [-0.05, 0) is 43.7 Å². The second-order valence-corrected chi connectivity index (χ2v) is 5.74. The second-order valence-electron chi connectivity index (χ2n) is 5.74. The molecule has 25 heavy (non-hydrogen) atoms. The highest BCUT2D eigenvalue weighted by Crippen LogP contribution is 2.26. The van der Waals surface area contributed by atoms with E-state index < -0.39 is 4.92 Å². The van der Waals surface area contributed by atoms with Crippen LogP contribution in [-0.2, 0) is 0 Å². The molecule has 1 unspecified atom stereocenters. The Hall–Kier alpha value is -3.09. The molecule has 1 amide bonds. The van der Waals surface area contributed by atoms with Crippen molar-refractivity contribution in [2.75, 3.05) is 19.0 Å². The van der Waals surface area contributed by atoms with E-state index in [1.807, 2.05) is 38.1 Å². The van der Waals surface area contributed by atoms with Gasteiger partial charge in [0, 0.05) is 18.7 Å². The minimum atomic E-state index is -0.511. The Labute approximate surface area is 146 Å². The standard InChI is InChI=1S/C18H21N3O4/c1-12-5-4-6-15(9-12)25-11-13(2)20-16-8-7-14(18(22)19-3)10-17(16)21(23)24/h4-10,13,20H,11H2,1-3H3,(H,19,22). The molecular formula is C18H21N3O4. The summed E-state index contributed by atoms with van der Waals surface area (Å²) in [4.78, 5) is 22.4. The summed E-state index contributed by atoms with van der Waals surface area (Å²) in [5.41, 5.74) is 1.53. The molecule has 2 rings (SSSR count). The molecule has 7 nitrogen and oxygen atoms in total. The number of anilines is 1. The van der Waals surface area contributed by atoms with Gasteiger partial charge in [-0.15, -0.1) is 0 Å². The molecule has 0 saturated heterocycles. The first-order chi connectivity index (χ1) is 11.9. The van der Waals surface area contributed by atoms with Crippen molar-refractivity contribution in [2.24, 2.45) is 0 Å². The number of benzene rings is 2. The van der Waals surface area contributed by atoms with Crippen LogP contribution in [0.2, 0.25) is 0 Å². The van der Waals surface area contributed by atoms with E-state index in [0.29, 0.717) is 12.3 Å². The van der Waals surface area contributed by atoms with Gasteiger partial charge in [0.15, 0.2) is 0 Å². The zero-order valence-corrected chi connectivity index (χ0v) is 14.4. The maximum Gasteiger partial charge on any atom is 0.293 e. The molecule has 2 aromatic carbocycles. The molecule has 0 fully saturated rings. The molecular weight excluding hydrogens is 322 g/mol. The number of aryl methyl sites for hydroxylation is 1. The molecule has 0 spiro atoms. The molecule has 0 heterocycles. The van der Waals surface area contributed by atoms with Crippen molar-refractivity contribution in [3.05, 3.63) is 63.7 Å². The predicted molar refractivity (Wildman–Crippen MR) is 96.2 cm³/mol. The lowest BCUT2D eigenvalue weighted by molar-refractivity contribution is -0.384.